The van der Waals surface area contributed by atoms with E-state index in [4.69, 9.17) is 23.2 Å². The van der Waals surface area contributed by atoms with Gasteiger partial charge in [0, 0.05) is 0 Å². The fourth-order valence-corrected chi connectivity index (χ4v) is 2.08. The molecule has 1 aliphatic carbocycles. The first-order valence-corrected chi connectivity index (χ1v) is 6.59. The van der Waals surface area contributed by atoms with Gasteiger partial charge in [0.2, 0.25) is 0 Å². The average molecular weight is 282 g/mol. The zero-order valence-corrected chi connectivity index (χ0v) is 11.3. The smallest absolute Gasteiger partial charge is 0.137 e. The quantitative estimate of drug-likeness (QED) is 0.738. The number of hydrogen-bond acceptors (Lipinski definition) is 3. The van der Waals surface area contributed by atoms with E-state index in [2.05, 4.69) is 39.7 Å². The Morgan fingerprint density at radius 3 is 2.00 bits per heavy atom. The second-order valence-corrected chi connectivity index (χ2v) is 4.81. The maximum Gasteiger partial charge on any atom is 0.173 e. The van der Waals surface area contributed by atoms with Crippen LogP contribution < -0.4 is 0 Å². The number of benzene rings is 1. The van der Waals surface area contributed by atoms with Crippen molar-refractivity contribution in [1.29, 1.82) is 0 Å². The summed E-state index contributed by atoms with van der Waals surface area (Å²) in [6.45, 7) is 0. The molecule has 1 aromatic carbocycles. The number of aromatic nitrogens is 3. The summed E-state index contributed by atoms with van der Waals surface area (Å²) in [4.78, 5) is 0. The Morgan fingerprint density at radius 1 is 0.944 bits per heavy atom. The van der Waals surface area contributed by atoms with Crippen molar-refractivity contribution < 1.29 is 0 Å². The van der Waals surface area contributed by atoms with Crippen LogP contribution in [0.15, 0.2) is 30.5 Å². The van der Waals surface area contributed by atoms with Crippen molar-refractivity contribution in [3.05, 3.63) is 51.8 Å². The molecule has 0 radical (unpaired) electrons. The standard InChI is InChI=1S/C10H12.C3HCl2N3/c1-2-6-10-8-4-3-7-9(10)5-1;4-2-1-6-8-7-3(2)5/h1-2,5-6H,3-4,7-8H2;1H. The summed E-state index contributed by atoms with van der Waals surface area (Å²) in [5.74, 6) is 0. The van der Waals surface area contributed by atoms with Crippen LogP contribution in [-0.4, -0.2) is 15.4 Å². The van der Waals surface area contributed by atoms with Crippen LogP contribution in [0.3, 0.4) is 0 Å². The Labute approximate surface area is 116 Å². The van der Waals surface area contributed by atoms with Gasteiger partial charge >= 0.3 is 0 Å². The molecule has 1 aliphatic rings. The molecule has 0 amide bonds. The molecule has 94 valence electrons. The van der Waals surface area contributed by atoms with Crippen molar-refractivity contribution in [2.24, 2.45) is 0 Å². The van der Waals surface area contributed by atoms with Gasteiger partial charge in [-0.2, -0.15) is 0 Å². The molecule has 2 aromatic rings. The van der Waals surface area contributed by atoms with Crippen LogP contribution >= 0.6 is 23.2 Å². The van der Waals surface area contributed by atoms with Crippen LogP contribution in [0, 0.1) is 0 Å². The van der Waals surface area contributed by atoms with E-state index in [0.29, 0.717) is 5.02 Å². The lowest BCUT2D eigenvalue weighted by atomic mass is 9.92. The number of rotatable bonds is 0. The van der Waals surface area contributed by atoms with Gasteiger partial charge in [-0.15, -0.1) is 10.2 Å². The summed E-state index contributed by atoms with van der Waals surface area (Å²) < 4.78 is 0. The lowest BCUT2D eigenvalue weighted by Gasteiger charge is -2.13. The zero-order valence-electron chi connectivity index (χ0n) is 9.81. The third-order valence-electron chi connectivity index (χ3n) is 2.81. The number of hydrogen-bond donors (Lipinski definition) is 0. The molecule has 1 heterocycles. The van der Waals surface area contributed by atoms with Crippen LogP contribution in [-0.2, 0) is 12.8 Å². The van der Waals surface area contributed by atoms with Crippen molar-refractivity contribution in [3.63, 3.8) is 0 Å². The third-order valence-corrected chi connectivity index (χ3v) is 3.47. The molecule has 0 spiro atoms. The predicted molar refractivity (Wildman–Crippen MR) is 72.9 cm³/mol. The molecule has 0 N–H and O–H groups in total. The lowest BCUT2D eigenvalue weighted by Crippen LogP contribution is -2.00. The minimum atomic E-state index is 0.182. The first kappa shape index (κ1) is 13.2. The normalized spacial score (nSPS) is 13.2. The molecule has 1 aromatic heterocycles. The van der Waals surface area contributed by atoms with Gasteiger partial charge in [0.25, 0.3) is 0 Å². The highest BCUT2D eigenvalue weighted by Gasteiger charge is 2.05. The maximum atomic E-state index is 5.41. The topological polar surface area (TPSA) is 38.7 Å². The van der Waals surface area contributed by atoms with Crippen LogP contribution in [0.1, 0.15) is 24.0 Å². The monoisotopic (exact) mass is 281 g/mol. The van der Waals surface area contributed by atoms with E-state index in [1.165, 1.54) is 31.9 Å². The van der Waals surface area contributed by atoms with E-state index in [0.717, 1.165) is 0 Å². The van der Waals surface area contributed by atoms with Gasteiger partial charge in [-0.25, -0.2) is 0 Å². The molecule has 3 rings (SSSR count). The molecule has 0 saturated carbocycles. The molecule has 0 bridgehead atoms. The summed E-state index contributed by atoms with van der Waals surface area (Å²) in [5.41, 5.74) is 3.16. The van der Waals surface area contributed by atoms with Crippen LogP contribution in [0.2, 0.25) is 10.2 Å². The summed E-state index contributed by atoms with van der Waals surface area (Å²) >= 11 is 10.8. The number of fused-ring (bicyclic) bond motifs is 1. The summed E-state index contributed by atoms with van der Waals surface area (Å²) in [5, 5.41) is 10.5. The first-order valence-electron chi connectivity index (χ1n) is 5.83. The van der Waals surface area contributed by atoms with Crippen LogP contribution in [0.25, 0.3) is 0 Å². The molecule has 5 heteroatoms. The average Bonchev–Trinajstić information content (AvgIpc) is 2.43. The second kappa shape index (κ2) is 6.66. The molecule has 3 nitrogen and oxygen atoms in total. The lowest BCUT2D eigenvalue weighted by molar-refractivity contribution is 0.685. The first-order chi connectivity index (χ1) is 8.77. The number of nitrogens with zero attached hydrogens (tertiary/aromatic N) is 3. The van der Waals surface area contributed by atoms with Gasteiger partial charge in [0.15, 0.2) is 5.15 Å². The number of aryl methyl sites for hydroxylation is 2. The maximum absolute atomic E-state index is 5.41. The fourth-order valence-electron chi connectivity index (χ4n) is 1.92. The van der Waals surface area contributed by atoms with Crippen molar-refractivity contribution in [3.8, 4) is 0 Å². The highest BCUT2D eigenvalue weighted by molar-refractivity contribution is 6.40. The molecule has 0 aliphatic heterocycles. The largest absolute Gasteiger partial charge is 0.173 e. The third kappa shape index (κ3) is 3.65. The zero-order chi connectivity index (χ0) is 12.8. The van der Waals surface area contributed by atoms with E-state index in [-0.39, 0.29) is 5.15 Å². The van der Waals surface area contributed by atoms with Gasteiger partial charge in [-0.1, -0.05) is 47.5 Å². The van der Waals surface area contributed by atoms with Crippen molar-refractivity contribution in [2.75, 3.05) is 0 Å². The highest BCUT2D eigenvalue weighted by atomic mass is 35.5. The predicted octanol–water partition coefficient (Wildman–Crippen LogP) is 3.74. The molecule has 0 saturated heterocycles. The van der Waals surface area contributed by atoms with Gasteiger partial charge in [-0.3, -0.25) is 0 Å². The summed E-state index contributed by atoms with van der Waals surface area (Å²) in [6.07, 6.45) is 6.71. The highest BCUT2D eigenvalue weighted by Crippen LogP contribution is 2.19. The van der Waals surface area contributed by atoms with Gasteiger partial charge < -0.3 is 0 Å². The van der Waals surface area contributed by atoms with E-state index in [1.54, 1.807) is 11.1 Å². The SMILES string of the molecule is Clc1cnnnc1Cl.c1ccc2c(c1)CCCC2. The van der Waals surface area contributed by atoms with E-state index < -0.39 is 0 Å². The van der Waals surface area contributed by atoms with Crippen molar-refractivity contribution in [1.82, 2.24) is 15.4 Å². The Hall–Kier alpha value is -1.19. The van der Waals surface area contributed by atoms with E-state index >= 15 is 0 Å². The molecular formula is C13H13Cl2N3. The van der Waals surface area contributed by atoms with Crippen LogP contribution in [0.4, 0.5) is 0 Å². The molecule has 0 unspecified atom stereocenters. The Balaban J connectivity index is 0.000000138. The summed E-state index contributed by atoms with van der Waals surface area (Å²) in [6, 6.07) is 8.80. The second-order valence-electron chi connectivity index (χ2n) is 4.05. The molecular weight excluding hydrogens is 269 g/mol. The van der Waals surface area contributed by atoms with Crippen molar-refractivity contribution >= 4 is 23.2 Å². The van der Waals surface area contributed by atoms with Gasteiger partial charge in [0.05, 0.1) is 6.20 Å². The van der Waals surface area contributed by atoms with E-state index in [1.807, 2.05) is 0 Å². The molecule has 18 heavy (non-hydrogen) atoms. The Kier molecular flexibility index (Phi) is 4.90. The van der Waals surface area contributed by atoms with Gasteiger partial charge in [-0.05, 0) is 42.0 Å². The summed E-state index contributed by atoms with van der Waals surface area (Å²) in [7, 11) is 0. The van der Waals surface area contributed by atoms with Crippen molar-refractivity contribution in [2.45, 2.75) is 25.7 Å². The van der Waals surface area contributed by atoms with E-state index in [9.17, 15) is 0 Å². The Bertz CT molecular complexity index is 471. The Morgan fingerprint density at radius 2 is 1.56 bits per heavy atom. The fraction of sp³-hybridized carbons (Fsp3) is 0.308. The minimum Gasteiger partial charge on any atom is -0.137 e. The molecule has 0 atom stereocenters. The van der Waals surface area contributed by atoms with Gasteiger partial charge in [0.1, 0.15) is 5.02 Å². The minimum absolute atomic E-state index is 0.182. The number of halogens is 2. The molecule has 0 fully saturated rings. The van der Waals surface area contributed by atoms with Crippen LogP contribution in [0.5, 0.6) is 0 Å².